The van der Waals surface area contributed by atoms with Crippen LogP contribution >= 0.6 is 11.8 Å². The van der Waals surface area contributed by atoms with Crippen LogP contribution in [0.15, 0.2) is 12.2 Å². The van der Waals surface area contributed by atoms with Crippen LogP contribution in [0.4, 0.5) is 0 Å². The number of allylic oxidation sites excluding steroid dienone is 1. The zero-order chi connectivity index (χ0) is 25.1. The maximum atomic E-state index is 13.6. The molecule has 35 heavy (non-hydrogen) atoms. The molecule has 11 atom stereocenters. The van der Waals surface area contributed by atoms with Crippen LogP contribution in [0.25, 0.3) is 0 Å². The van der Waals surface area contributed by atoms with E-state index in [9.17, 15) is 20.1 Å². The summed E-state index contributed by atoms with van der Waals surface area (Å²) in [6.07, 6.45) is 4.41. The van der Waals surface area contributed by atoms with Gasteiger partial charge in [-0.05, 0) is 61.5 Å². The van der Waals surface area contributed by atoms with E-state index in [0.717, 1.165) is 38.0 Å². The van der Waals surface area contributed by atoms with Crippen molar-refractivity contribution in [2.24, 2.45) is 23.7 Å². The fourth-order valence-corrected chi connectivity index (χ4v) is 7.31. The minimum absolute atomic E-state index is 0.132. The summed E-state index contributed by atoms with van der Waals surface area (Å²) >= 11 is 1.44. The maximum absolute atomic E-state index is 13.6. The predicted octanol–water partition coefficient (Wildman–Crippen LogP) is 1.43. The molecule has 0 spiro atoms. The van der Waals surface area contributed by atoms with Gasteiger partial charge in [0, 0.05) is 13.2 Å². The number of rotatable bonds is 4. The quantitative estimate of drug-likeness (QED) is 0.359. The van der Waals surface area contributed by atoms with Gasteiger partial charge >= 0.3 is 0 Å². The molecule has 0 aromatic rings. The van der Waals surface area contributed by atoms with Gasteiger partial charge in [0.05, 0.1) is 12.1 Å². The summed E-state index contributed by atoms with van der Waals surface area (Å²) in [6.45, 7) is 7.91. The van der Waals surface area contributed by atoms with Gasteiger partial charge in [0.15, 0.2) is 0 Å². The molecule has 4 aliphatic heterocycles. The zero-order valence-corrected chi connectivity index (χ0v) is 22.0. The highest BCUT2D eigenvalue weighted by molar-refractivity contribution is 7.99. The highest BCUT2D eigenvalue weighted by atomic mass is 32.2. The number of amides is 1. The normalized spacial score (nSPS) is 45.7. The Labute approximate surface area is 213 Å². The number of thioether (sulfide) groups is 1. The second-order valence-electron chi connectivity index (χ2n) is 11.3. The number of nitrogens with one attached hydrogen (secondary N) is 2. The molecule has 4 heterocycles. The van der Waals surface area contributed by atoms with E-state index in [1.807, 2.05) is 13.0 Å². The van der Waals surface area contributed by atoms with Crippen LogP contribution in [-0.4, -0.2) is 88.2 Å². The van der Waals surface area contributed by atoms with Crippen LogP contribution in [0.2, 0.25) is 0 Å². The van der Waals surface area contributed by atoms with Crippen molar-refractivity contribution < 1.29 is 29.6 Å². The molecule has 5 N–H and O–H groups in total. The van der Waals surface area contributed by atoms with Crippen molar-refractivity contribution in [3.05, 3.63) is 12.2 Å². The van der Waals surface area contributed by atoms with Crippen molar-refractivity contribution in [3.8, 4) is 0 Å². The molecule has 0 aromatic heterocycles. The van der Waals surface area contributed by atoms with Crippen LogP contribution in [0.5, 0.6) is 0 Å². The topological polar surface area (TPSA) is 120 Å². The first-order valence-corrected chi connectivity index (χ1v) is 14.4. The lowest BCUT2D eigenvalue weighted by atomic mass is 9.85. The third-order valence-corrected chi connectivity index (χ3v) is 9.27. The number of carbonyl (C=O) groups excluding carboxylic acids is 1. The van der Waals surface area contributed by atoms with E-state index in [1.165, 1.54) is 18.2 Å². The summed E-state index contributed by atoms with van der Waals surface area (Å²) in [7, 11) is 0. The van der Waals surface area contributed by atoms with Gasteiger partial charge in [-0.1, -0.05) is 32.9 Å². The summed E-state index contributed by atoms with van der Waals surface area (Å²) in [5, 5.41) is 38.4. The zero-order valence-electron chi connectivity index (χ0n) is 21.2. The molecule has 0 aromatic carbocycles. The highest BCUT2D eigenvalue weighted by Crippen LogP contribution is 2.35. The second kappa shape index (κ2) is 12.2. The largest absolute Gasteiger partial charge is 0.388 e. The van der Waals surface area contributed by atoms with Crippen molar-refractivity contribution in [1.29, 1.82) is 0 Å². The molecule has 8 nitrogen and oxygen atoms in total. The molecule has 2 bridgehead atoms. The van der Waals surface area contributed by atoms with Crippen LogP contribution in [0, 0.1) is 23.7 Å². The Balaban J connectivity index is 1.49. The second-order valence-corrected chi connectivity index (χ2v) is 12.5. The molecule has 4 aliphatic rings. The number of aliphatic hydroxyl groups excluding tert-OH is 3. The van der Waals surface area contributed by atoms with E-state index >= 15 is 0 Å². The molecule has 1 amide bonds. The van der Waals surface area contributed by atoms with Crippen molar-refractivity contribution in [3.63, 3.8) is 0 Å². The summed E-state index contributed by atoms with van der Waals surface area (Å²) in [6, 6.07) is -1.02. The molecule has 4 rings (SSSR count). The van der Waals surface area contributed by atoms with Crippen molar-refractivity contribution in [2.75, 3.05) is 18.9 Å². The van der Waals surface area contributed by atoms with Gasteiger partial charge in [-0.2, -0.15) is 0 Å². The number of aliphatic hydroxyl groups is 3. The molecule has 9 heteroatoms. The fourth-order valence-electron chi connectivity index (χ4n) is 6.18. The summed E-state index contributed by atoms with van der Waals surface area (Å²) in [5.74, 6) is 2.05. The predicted molar refractivity (Wildman–Crippen MR) is 136 cm³/mol. The molecule has 0 radical (unpaired) electrons. The third kappa shape index (κ3) is 6.43. The van der Waals surface area contributed by atoms with Gasteiger partial charge in [0.1, 0.15) is 35.9 Å². The van der Waals surface area contributed by atoms with Crippen LogP contribution in [-0.2, 0) is 14.3 Å². The van der Waals surface area contributed by atoms with Crippen molar-refractivity contribution in [2.45, 2.75) is 101 Å². The summed E-state index contributed by atoms with van der Waals surface area (Å²) in [5.41, 5.74) is -0.653. The van der Waals surface area contributed by atoms with E-state index in [-0.39, 0.29) is 17.9 Å². The number of ether oxygens (including phenoxy) is 2. The Morgan fingerprint density at radius 2 is 2.00 bits per heavy atom. The first kappa shape index (κ1) is 27.4. The fraction of sp³-hybridized carbons (Fsp3) is 0.885. The Morgan fingerprint density at radius 1 is 1.20 bits per heavy atom. The lowest BCUT2D eigenvalue weighted by Gasteiger charge is -2.44. The molecular weight excluding hydrogens is 468 g/mol. The van der Waals surface area contributed by atoms with Gasteiger partial charge in [0.2, 0.25) is 5.91 Å². The monoisotopic (exact) mass is 512 g/mol. The number of hydrogen-bond donors (Lipinski definition) is 5. The number of carbonyl (C=O) groups is 1. The number of hydrogen-bond acceptors (Lipinski definition) is 8. The Morgan fingerprint density at radius 3 is 2.77 bits per heavy atom. The van der Waals surface area contributed by atoms with Gasteiger partial charge in [-0.15, -0.1) is 11.8 Å². The van der Waals surface area contributed by atoms with Crippen LogP contribution in [0.3, 0.4) is 0 Å². The van der Waals surface area contributed by atoms with E-state index in [2.05, 4.69) is 30.6 Å². The molecular formula is C26H44N2O6S. The standard InChI is InChI=1S/C26H44N2O6S/c1-14(2)11-16-8-9-33-23-17(12-16)13-27-19(23)25(32)28-18-15(3)7-5-4-6-10-35-26-22(31)20(29)21(30)24(18)34-26/h5,7,14-24,26-27,29-31H,4,6,8-13H2,1-3H3,(H,28,32)/b7-5+/t15-,16+,17+,18-,19+,20?,21?,22?,23-,24?,26?/m1/s1. The average molecular weight is 513 g/mol. The lowest BCUT2D eigenvalue weighted by molar-refractivity contribution is -0.207. The number of fused-ring (bicyclic) bond motifs is 3. The van der Waals surface area contributed by atoms with E-state index < -0.39 is 41.9 Å². The summed E-state index contributed by atoms with van der Waals surface area (Å²) in [4.78, 5) is 13.6. The SMILES string of the molecule is CC(C)C[C@@H]1CCO[C@@H]2[C@H](CN[C@@H]2C(=O)N[C@H]2C3OC(SCCC/C=C/[C@H]2C)C(O)C(O)C3O)C1. The minimum Gasteiger partial charge on any atom is -0.388 e. The van der Waals surface area contributed by atoms with Crippen molar-refractivity contribution >= 4 is 17.7 Å². The average Bonchev–Trinajstić information content (AvgIpc) is 3.09. The molecule has 200 valence electrons. The maximum Gasteiger partial charge on any atom is 0.240 e. The smallest absolute Gasteiger partial charge is 0.240 e. The van der Waals surface area contributed by atoms with E-state index in [0.29, 0.717) is 24.4 Å². The molecule has 5 unspecified atom stereocenters. The minimum atomic E-state index is -1.33. The molecule has 0 aliphatic carbocycles. The first-order valence-electron chi connectivity index (χ1n) is 13.4. The van der Waals surface area contributed by atoms with Crippen molar-refractivity contribution in [1.82, 2.24) is 10.6 Å². The van der Waals surface area contributed by atoms with Gasteiger partial charge in [-0.25, -0.2) is 0 Å². The van der Waals surface area contributed by atoms with Crippen LogP contribution < -0.4 is 10.6 Å². The lowest BCUT2D eigenvalue weighted by Crippen LogP contribution is -2.65. The van der Waals surface area contributed by atoms with E-state index in [1.54, 1.807) is 0 Å². The van der Waals surface area contributed by atoms with Gasteiger partial charge in [0.25, 0.3) is 0 Å². The van der Waals surface area contributed by atoms with Crippen LogP contribution in [0.1, 0.15) is 52.9 Å². The molecule has 0 saturated carbocycles. The van der Waals surface area contributed by atoms with Gasteiger partial charge < -0.3 is 35.4 Å². The first-order chi connectivity index (χ1) is 16.8. The Kier molecular flexibility index (Phi) is 9.57. The Bertz CT molecular complexity index is 739. The van der Waals surface area contributed by atoms with E-state index in [4.69, 9.17) is 9.47 Å². The third-order valence-electron chi connectivity index (χ3n) is 8.03. The van der Waals surface area contributed by atoms with Gasteiger partial charge in [-0.3, -0.25) is 4.79 Å². The molecule has 3 fully saturated rings. The Hall–Kier alpha value is -0.680. The molecule has 3 saturated heterocycles. The highest BCUT2D eigenvalue weighted by Gasteiger charge is 2.49. The summed E-state index contributed by atoms with van der Waals surface area (Å²) < 4.78 is 12.4.